The van der Waals surface area contributed by atoms with Crippen molar-refractivity contribution < 1.29 is 9.13 Å². The van der Waals surface area contributed by atoms with Gasteiger partial charge in [0.1, 0.15) is 11.6 Å². The molecule has 0 radical (unpaired) electrons. The summed E-state index contributed by atoms with van der Waals surface area (Å²) in [6.07, 6.45) is 0. The molecule has 17 heavy (non-hydrogen) atoms. The minimum absolute atomic E-state index is 0.304. The fourth-order valence-electron chi connectivity index (χ4n) is 1.61. The highest BCUT2D eigenvalue weighted by atomic mass is 127. The summed E-state index contributed by atoms with van der Waals surface area (Å²) in [5.41, 5.74) is 7.78. The number of thiophene rings is 1. The van der Waals surface area contributed by atoms with Gasteiger partial charge < -0.3 is 10.5 Å². The van der Waals surface area contributed by atoms with Gasteiger partial charge in [-0.3, -0.25) is 0 Å². The Hall–Kier alpha value is -0.660. The Bertz CT molecular complexity index is 529. The van der Waals surface area contributed by atoms with Crippen molar-refractivity contribution in [1.29, 1.82) is 0 Å². The number of hydrogen-bond donors (Lipinski definition) is 1. The number of rotatable bonds is 3. The third-order valence-electron chi connectivity index (χ3n) is 2.47. The van der Waals surface area contributed by atoms with E-state index in [0.29, 0.717) is 11.3 Å². The average molecular weight is 363 g/mol. The van der Waals surface area contributed by atoms with Crippen LogP contribution in [0.2, 0.25) is 0 Å². The molecule has 1 aromatic carbocycles. The lowest BCUT2D eigenvalue weighted by Crippen LogP contribution is -2.12. The van der Waals surface area contributed by atoms with E-state index in [1.54, 1.807) is 24.5 Å². The highest BCUT2D eigenvalue weighted by Gasteiger charge is 2.16. The highest BCUT2D eigenvalue weighted by Crippen LogP contribution is 2.31. The Kier molecular flexibility index (Phi) is 4.01. The molecule has 0 aliphatic rings. The summed E-state index contributed by atoms with van der Waals surface area (Å²) in [6.45, 7) is 0. The van der Waals surface area contributed by atoms with Gasteiger partial charge in [-0.25, -0.2) is 4.39 Å². The van der Waals surface area contributed by atoms with Gasteiger partial charge in [-0.2, -0.15) is 0 Å². The van der Waals surface area contributed by atoms with Gasteiger partial charge in [0, 0.05) is 5.56 Å². The van der Waals surface area contributed by atoms with Gasteiger partial charge in [-0.15, -0.1) is 11.3 Å². The number of halogens is 2. The fourth-order valence-corrected chi connectivity index (χ4v) is 3.02. The van der Waals surface area contributed by atoms with E-state index in [4.69, 9.17) is 10.5 Å². The van der Waals surface area contributed by atoms with E-state index in [1.807, 2.05) is 11.4 Å². The first-order valence-corrected chi connectivity index (χ1v) is 6.90. The zero-order valence-corrected chi connectivity index (χ0v) is 12.1. The molecule has 90 valence electrons. The van der Waals surface area contributed by atoms with Gasteiger partial charge in [-0.05, 0) is 57.8 Å². The van der Waals surface area contributed by atoms with Crippen molar-refractivity contribution in [2.24, 2.45) is 5.73 Å². The number of benzene rings is 1. The van der Waals surface area contributed by atoms with Crippen molar-refractivity contribution in [3.8, 4) is 5.75 Å². The minimum atomic E-state index is -0.361. The Morgan fingerprint density at radius 2 is 2.18 bits per heavy atom. The molecule has 0 fully saturated rings. The minimum Gasteiger partial charge on any atom is -0.496 e. The lowest BCUT2D eigenvalue weighted by atomic mass is 10.0. The van der Waals surface area contributed by atoms with Crippen LogP contribution in [0.4, 0.5) is 4.39 Å². The molecule has 0 saturated carbocycles. The van der Waals surface area contributed by atoms with Crippen molar-refractivity contribution >= 4 is 33.9 Å². The van der Waals surface area contributed by atoms with Crippen LogP contribution in [0.25, 0.3) is 0 Å². The summed E-state index contributed by atoms with van der Waals surface area (Å²) in [4.78, 5) is 0. The maximum Gasteiger partial charge on any atom is 0.124 e. The Morgan fingerprint density at radius 3 is 2.76 bits per heavy atom. The number of ether oxygens (including phenoxy) is 1. The van der Waals surface area contributed by atoms with Gasteiger partial charge in [0.25, 0.3) is 0 Å². The lowest BCUT2D eigenvalue weighted by molar-refractivity contribution is 0.406. The summed E-state index contributed by atoms with van der Waals surface area (Å²) < 4.78 is 19.6. The second-order valence-corrected chi connectivity index (χ2v) is 6.35. The predicted octanol–water partition coefficient (Wildman–Crippen LogP) is 3.55. The summed E-state index contributed by atoms with van der Waals surface area (Å²) in [7, 11) is 1.56. The second-order valence-electron chi connectivity index (χ2n) is 3.55. The molecule has 2 rings (SSSR count). The van der Waals surface area contributed by atoms with Crippen molar-refractivity contribution in [3.05, 3.63) is 49.5 Å². The monoisotopic (exact) mass is 363 g/mol. The molecule has 1 atom stereocenters. The van der Waals surface area contributed by atoms with E-state index >= 15 is 0 Å². The van der Waals surface area contributed by atoms with Crippen LogP contribution < -0.4 is 10.5 Å². The number of nitrogens with two attached hydrogens (primary N) is 1. The summed E-state index contributed by atoms with van der Waals surface area (Å²) in [5.74, 6) is 0.307. The molecule has 2 N–H and O–H groups in total. The maximum absolute atomic E-state index is 13.3. The second kappa shape index (κ2) is 5.32. The molecule has 1 unspecified atom stereocenters. The van der Waals surface area contributed by atoms with Crippen LogP contribution in [0, 0.1) is 8.70 Å². The first-order chi connectivity index (χ1) is 8.11. The van der Waals surface area contributed by atoms with Gasteiger partial charge in [-0.1, -0.05) is 0 Å². The van der Waals surface area contributed by atoms with Crippen LogP contribution in [-0.4, -0.2) is 7.11 Å². The third-order valence-corrected chi connectivity index (χ3v) is 4.28. The largest absolute Gasteiger partial charge is 0.496 e. The van der Waals surface area contributed by atoms with E-state index in [1.165, 1.54) is 12.1 Å². The zero-order chi connectivity index (χ0) is 12.4. The highest BCUT2D eigenvalue weighted by molar-refractivity contribution is 14.1. The fraction of sp³-hybridized carbons (Fsp3) is 0.167. The summed E-state index contributed by atoms with van der Waals surface area (Å²) >= 11 is 3.85. The van der Waals surface area contributed by atoms with Gasteiger partial charge in [0.15, 0.2) is 0 Å². The van der Waals surface area contributed by atoms with Crippen LogP contribution in [0.5, 0.6) is 5.75 Å². The summed E-state index contributed by atoms with van der Waals surface area (Å²) in [6, 6.07) is 6.03. The van der Waals surface area contributed by atoms with E-state index in [-0.39, 0.29) is 11.9 Å². The Morgan fingerprint density at radius 1 is 1.41 bits per heavy atom. The first kappa shape index (κ1) is 12.8. The smallest absolute Gasteiger partial charge is 0.124 e. The molecule has 0 spiro atoms. The van der Waals surface area contributed by atoms with Crippen LogP contribution in [0.15, 0.2) is 29.6 Å². The molecule has 5 heteroatoms. The van der Waals surface area contributed by atoms with Crippen LogP contribution in [0.1, 0.15) is 17.2 Å². The van der Waals surface area contributed by atoms with Gasteiger partial charge in [0.2, 0.25) is 0 Å². The molecule has 0 aliphatic carbocycles. The topological polar surface area (TPSA) is 35.2 Å². The van der Waals surface area contributed by atoms with E-state index < -0.39 is 0 Å². The molecule has 0 aliphatic heterocycles. The van der Waals surface area contributed by atoms with E-state index in [9.17, 15) is 4.39 Å². The van der Waals surface area contributed by atoms with Crippen molar-refractivity contribution in [1.82, 2.24) is 0 Å². The zero-order valence-electron chi connectivity index (χ0n) is 9.11. The molecular weight excluding hydrogens is 352 g/mol. The third kappa shape index (κ3) is 2.78. The summed E-state index contributed by atoms with van der Waals surface area (Å²) in [5, 5.41) is 1.98. The van der Waals surface area contributed by atoms with Crippen molar-refractivity contribution in [2.75, 3.05) is 7.11 Å². The predicted molar refractivity (Wildman–Crippen MR) is 76.0 cm³/mol. The van der Waals surface area contributed by atoms with E-state index in [0.717, 1.165) is 8.45 Å². The van der Waals surface area contributed by atoms with Gasteiger partial charge >= 0.3 is 0 Å². The average Bonchev–Trinajstić information content (AvgIpc) is 2.75. The standard InChI is InChI=1S/C12H11FINOS/c1-16-10-3-2-8(13)5-9(10)12(15)7-4-11(14)17-6-7/h2-6,12H,15H2,1H3. The molecular formula is C12H11FINOS. The number of hydrogen-bond acceptors (Lipinski definition) is 3. The Labute approximate surface area is 117 Å². The molecule has 0 bridgehead atoms. The molecule has 0 saturated heterocycles. The van der Waals surface area contributed by atoms with Crippen LogP contribution in [0.3, 0.4) is 0 Å². The Balaban J connectivity index is 2.42. The van der Waals surface area contributed by atoms with Crippen LogP contribution >= 0.6 is 33.9 Å². The molecule has 2 nitrogen and oxygen atoms in total. The van der Waals surface area contributed by atoms with Gasteiger partial charge in [0.05, 0.1) is 16.0 Å². The number of methoxy groups -OCH3 is 1. The molecule has 0 amide bonds. The SMILES string of the molecule is COc1ccc(F)cc1C(N)c1csc(I)c1. The molecule has 1 heterocycles. The molecule has 1 aromatic heterocycles. The van der Waals surface area contributed by atoms with E-state index in [2.05, 4.69) is 22.6 Å². The lowest BCUT2D eigenvalue weighted by Gasteiger charge is -2.14. The normalized spacial score (nSPS) is 12.5. The molecule has 2 aromatic rings. The maximum atomic E-state index is 13.3. The quantitative estimate of drug-likeness (QED) is 0.847. The van der Waals surface area contributed by atoms with Crippen LogP contribution in [-0.2, 0) is 0 Å². The van der Waals surface area contributed by atoms with Crippen molar-refractivity contribution in [3.63, 3.8) is 0 Å². The first-order valence-electron chi connectivity index (χ1n) is 4.94. The van der Waals surface area contributed by atoms with Crippen molar-refractivity contribution in [2.45, 2.75) is 6.04 Å².